The Labute approximate surface area is 111 Å². The van der Waals surface area contributed by atoms with Crippen molar-refractivity contribution in [2.45, 2.75) is 65.0 Å². The van der Waals surface area contributed by atoms with E-state index in [4.69, 9.17) is 0 Å². The van der Waals surface area contributed by atoms with Gasteiger partial charge in [-0.15, -0.1) is 0 Å². The van der Waals surface area contributed by atoms with Crippen molar-refractivity contribution in [2.75, 3.05) is 6.54 Å². The summed E-state index contributed by atoms with van der Waals surface area (Å²) in [6.45, 7) is 8.07. The monoisotopic (exact) mass is 249 g/mol. The zero-order chi connectivity index (χ0) is 13.0. The molecule has 3 nitrogen and oxygen atoms in total. The van der Waals surface area contributed by atoms with Crippen LogP contribution in [0.2, 0.25) is 0 Å². The van der Waals surface area contributed by atoms with Crippen LogP contribution in [-0.2, 0) is 0 Å². The Morgan fingerprint density at radius 2 is 2.22 bits per heavy atom. The third-order valence-electron chi connectivity index (χ3n) is 3.99. The summed E-state index contributed by atoms with van der Waals surface area (Å²) in [7, 11) is 0. The quantitative estimate of drug-likeness (QED) is 0.833. The standard InChI is InChI=1S/C15H27N3/c1-12(2)6-4-7-13(3)18-11-16-10-15(18)14-8-5-9-17-14/h10-14,17H,4-9H2,1-3H3/t13?,14-/m0/s1. The molecule has 3 heteroatoms. The summed E-state index contributed by atoms with van der Waals surface area (Å²) in [5, 5.41) is 3.57. The molecule has 0 spiro atoms. The summed E-state index contributed by atoms with van der Waals surface area (Å²) in [6, 6.07) is 1.10. The van der Waals surface area contributed by atoms with Crippen LogP contribution in [-0.4, -0.2) is 16.1 Å². The summed E-state index contributed by atoms with van der Waals surface area (Å²) in [6.07, 6.45) is 10.5. The van der Waals surface area contributed by atoms with E-state index < -0.39 is 0 Å². The first-order valence-electron chi connectivity index (χ1n) is 7.43. The van der Waals surface area contributed by atoms with Crippen LogP contribution in [0, 0.1) is 5.92 Å². The Morgan fingerprint density at radius 3 is 2.89 bits per heavy atom. The summed E-state index contributed by atoms with van der Waals surface area (Å²) in [4.78, 5) is 4.35. The Hall–Kier alpha value is -0.830. The molecule has 18 heavy (non-hydrogen) atoms. The Balaban J connectivity index is 1.93. The lowest BCUT2D eigenvalue weighted by Crippen LogP contribution is -2.18. The van der Waals surface area contributed by atoms with Gasteiger partial charge in [-0.1, -0.05) is 26.7 Å². The minimum atomic E-state index is 0.528. The maximum absolute atomic E-state index is 4.35. The van der Waals surface area contributed by atoms with E-state index in [1.807, 2.05) is 12.5 Å². The van der Waals surface area contributed by atoms with Crippen molar-refractivity contribution >= 4 is 0 Å². The second kappa shape index (κ2) is 6.37. The zero-order valence-electron chi connectivity index (χ0n) is 12.0. The van der Waals surface area contributed by atoms with E-state index in [0.717, 1.165) is 12.5 Å². The maximum Gasteiger partial charge on any atom is 0.0951 e. The molecule has 1 aliphatic rings. The van der Waals surface area contributed by atoms with E-state index in [-0.39, 0.29) is 0 Å². The summed E-state index contributed by atoms with van der Waals surface area (Å²) in [5.74, 6) is 0.816. The highest BCUT2D eigenvalue weighted by Gasteiger charge is 2.21. The third kappa shape index (κ3) is 3.35. The number of imidazole rings is 1. The molecule has 1 fully saturated rings. The first-order valence-corrected chi connectivity index (χ1v) is 7.43. The third-order valence-corrected chi connectivity index (χ3v) is 3.99. The molecule has 1 N–H and O–H groups in total. The molecule has 0 saturated carbocycles. The molecular weight excluding hydrogens is 222 g/mol. The van der Waals surface area contributed by atoms with E-state index in [1.54, 1.807) is 0 Å². The van der Waals surface area contributed by atoms with Gasteiger partial charge in [-0.25, -0.2) is 4.98 Å². The number of rotatable bonds is 6. The van der Waals surface area contributed by atoms with Gasteiger partial charge in [-0.3, -0.25) is 0 Å². The van der Waals surface area contributed by atoms with E-state index >= 15 is 0 Å². The highest BCUT2D eigenvalue weighted by atomic mass is 15.1. The lowest BCUT2D eigenvalue weighted by molar-refractivity contribution is 0.426. The predicted octanol–water partition coefficient (Wildman–Crippen LogP) is 3.69. The van der Waals surface area contributed by atoms with Gasteiger partial charge >= 0.3 is 0 Å². The molecule has 1 unspecified atom stereocenters. The Kier molecular flexibility index (Phi) is 4.81. The second-order valence-corrected chi connectivity index (χ2v) is 6.05. The average molecular weight is 249 g/mol. The highest BCUT2D eigenvalue weighted by molar-refractivity contribution is 5.08. The predicted molar refractivity (Wildman–Crippen MR) is 75.6 cm³/mol. The molecule has 0 bridgehead atoms. The molecule has 102 valence electrons. The van der Waals surface area contributed by atoms with Gasteiger partial charge in [0, 0.05) is 18.3 Å². The van der Waals surface area contributed by atoms with Gasteiger partial charge in [0.05, 0.1) is 12.0 Å². The Morgan fingerprint density at radius 1 is 1.39 bits per heavy atom. The minimum absolute atomic E-state index is 0.528. The van der Waals surface area contributed by atoms with Crippen LogP contribution < -0.4 is 5.32 Å². The van der Waals surface area contributed by atoms with Crippen molar-refractivity contribution in [1.82, 2.24) is 14.9 Å². The SMILES string of the molecule is CC(C)CCCC(C)n1cncc1[C@@H]1CCCN1. The molecule has 1 aliphatic heterocycles. The first-order chi connectivity index (χ1) is 8.68. The molecule has 0 aromatic carbocycles. The molecule has 0 radical (unpaired) electrons. The molecule has 1 aromatic heterocycles. The largest absolute Gasteiger partial charge is 0.330 e. The van der Waals surface area contributed by atoms with Crippen LogP contribution in [0.15, 0.2) is 12.5 Å². The van der Waals surface area contributed by atoms with Gasteiger partial charge in [0.15, 0.2) is 0 Å². The van der Waals surface area contributed by atoms with Crippen LogP contribution in [0.5, 0.6) is 0 Å². The van der Waals surface area contributed by atoms with Crippen molar-refractivity contribution < 1.29 is 0 Å². The number of nitrogens with zero attached hydrogens (tertiary/aromatic N) is 2. The lowest BCUT2D eigenvalue weighted by Gasteiger charge is -2.20. The Bertz CT molecular complexity index is 350. The number of hydrogen-bond acceptors (Lipinski definition) is 2. The number of aromatic nitrogens is 2. The molecule has 1 saturated heterocycles. The van der Waals surface area contributed by atoms with Gasteiger partial charge in [0.1, 0.15) is 0 Å². The summed E-state index contributed by atoms with van der Waals surface area (Å²) >= 11 is 0. The van der Waals surface area contributed by atoms with Gasteiger partial charge in [-0.05, 0) is 38.6 Å². The van der Waals surface area contributed by atoms with Crippen molar-refractivity contribution in [3.05, 3.63) is 18.2 Å². The second-order valence-electron chi connectivity index (χ2n) is 6.05. The van der Waals surface area contributed by atoms with Crippen molar-refractivity contribution in [1.29, 1.82) is 0 Å². The molecule has 0 aliphatic carbocycles. The fraction of sp³-hybridized carbons (Fsp3) is 0.800. The van der Waals surface area contributed by atoms with Crippen LogP contribution in [0.1, 0.15) is 70.7 Å². The number of hydrogen-bond donors (Lipinski definition) is 1. The minimum Gasteiger partial charge on any atom is -0.330 e. The molecule has 2 atom stereocenters. The summed E-state index contributed by atoms with van der Waals surface area (Å²) < 4.78 is 2.38. The van der Waals surface area contributed by atoms with Gasteiger partial charge in [0.2, 0.25) is 0 Å². The van der Waals surface area contributed by atoms with Gasteiger partial charge in [-0.2, -0.15) is 0 Å². The van der Waals surface area contributed by atoms with E-state index in [2.05, 4.69) is 35.6 Å². The fourth-order valence-electron chi connectivity index (χ4n) is 2.85. The topological polar surface area (TPSA) is 29.9 Å². The molecule has 2 heterocycles. The van der Waals surface area contributed by atoms with Gasteiger partial charge in [0.25, 0.3) is 0 Å². The normalized spacial score (nSPS) is 21.7. The smallest absolute Gasteiger partial charge is 0.0951 e. The highest BCUT2D eigenvalue weighted by Crippen LogP contribution is 2.26. The fourth-order valence-corrected chi connectivity index (χ4v) is 2.85. The summed E-state index contributed by atoms with van der Waals surface area (Å²) in [5.41, 5.74) is 1.38. The van der Waals surface area contributed by atoms with Crippen molar-refractivity contribution in [3.63, 3.8) is 0 Å². The van der Waals surface area contributed by atoms with Crippen molar-refractivity contribution in [2.24, 2.45) is 5.92 Å². The molecule has 1 aromatic rings. The van der Waals surface area contributed by atoms with Crippen LogP contribution in [0.4, 0.5) is 0 Å². The van der Waals surface area contributed by atoms with E-state index in [9.17, 15) is 0 Å². The lowest BCUT2D eigenvalue weighted by atomic mass is 10.0. The molecule has 2 rings (SSSR count). The van der Waals surface area contributed by atoms with Crippen LogP contribution in [0.3, 0.4) is 0 Å². The van der Waals surface area contributed by atoms with Gasteiger partial charge < -0.3 is 9.88 Å². The van der Waals surface area contributed by atoms with E-state index in [0.29, 0.717) is 12.1 Å². The van der Waals surface area contributed by atoms with Crippen molar-refractivity contribution in [3.8, 4) is 0 Å². The van der Waals surface area contributed by atoms with Crippen LogP contribution in [0.25, 0.3) is 0 Å². The number of nitrogens with one attached hydrogen (secondary N) is 1. The van der Waals surface area contributed by atoms with E-state index in [1.165, 1.54) is 37.8 Å². The average Bonchev–Trinajstić information content (AvgIpc) is 2.99. The molecule has 0 amide bonds. The zero-order valence-corrected chi connectivity index (χ0v) is 12.0. The first kappa shape index (κ1) is 13.6. The maximum atomic E-state index is 4.35. The molecular formula is C15H27N3. The van der Waals surface area contributed by atoms with Crippen LogP contribution >= 0.6 is 0 Å².